The van der Waals surface area contributed by atoms with Gasteiger partial charge in [0.05, 0.1) is 6.61 Å². The van der Waals surface area contributed by atoms with E-state index < -0.39 is 0 Å². The lowest BCUT2D eigenvalue weighted by Crippen LogP contribution is -2.16. The average molecular weight is 291 g/mol. The quantitative estimate of drug-likeness (QED) is 0.793. The zero-order chi connectivity index (χ0) is 14.5. The van der Waals surface area contributed by atoms with Crippen molar-refractivity contribution in [3.05, 3.63) is 40.7 Å². The molecule has 0 saturated heterocycles. The van der Waals surface area contributed by atoms with Gasteiger partial charge in [0.25, 0.3) is 0 Å². The van der Waals surface area contributed by atoms with Crippen LogP contribution in [-0.4, -0.2) is 29.6 Å². The van der Waals surface area contributed by atoms with Crippen molar-refractivity contribution in [3.8, 4) is 0 Å². The largest absolute Gasteiger partial charge is 0.461 e. The van der Waals surface area contributed by atoms with Gasteiger partial charge in [-0.05, 0) is 31.5 Å². The third-order valence-corrected chi connectivity index (χ3v) is 3.83. The van der Waals surface area contributed by atoms with E-state index >= 15 is 0 Å². The van der Waals surface area contributed by atoms with Gasteiger partial charge in [0.2, 0.25) is 0 Å². The van der Waals surface area contributed by atoms with Gasteiger partial charge in [-0.2, -0.15) is 0 Å². The Hall–Kier alpha value is -1.95. The molecule has 0 atom stereocenters. The van der Waals surface area contributed by atoms with Crippen molar-refractivity contribution in [1.29, 1.82) is 0 Å². The summed E-state index contributed by atoms with van der Waals surface area (Å²) in [5, 5.41) is 0.808. The number of thiazole rings is 1. The summed E-state index contributed by atoms with van der Waals surface area (Å²) in [4.78, 5) is 23.0. The lowest BCUT2D eigenvalue weighted by atomic mass is 10.2. The van der Waals surface area contributed by atoms with Crippen LogP contribution in [0.2, 0.25) is 0 Å². The summed E-state index contributed by atoms with van der Waals surface area (Å²) < 4.78 is 5.00. The summed E-state index contributed by atoms with van der Waals surface area (Å²) in [6.07, 6.45) is 3.53. The maximum absolute atomic E-state index is 11.8. The van der Waals surface area contributed by atoms with Gasteiger partial charge in [-0.25, -0.2) is 9.78 Å². The fraction of sp³-hybridized carbons (Fsp3) is 0.357. The zero-order valence-electron chi connectivity index (χ0n) is 11.8. The fourth-order valence-electron chi connectivity index (χ4n) is 1.76. The number of hydrogen-bond donors (Lipinski definition) is 0. The van der Waals surface area contributed by atoms with Gasteiger partial charge in [0.15, 0.2) is 10.8 Å². The molecule has 6 heteroatoms. The first-order valence-corrected chi connectivity index (χ1v) is 7.18. The summed E-state index contributed by atoms with van der Waals surface area (Å²) in [5.74, 6) is -0.357. The molecule has 2 aromatic heterocycles. The molecule has 0 aromatic carbocycles. The molecule has 0 amide bonds. The first-order valence-electron chi connectivity index (χ1n) is 6.36. The molecule has 0 N–H and O–H groups in total. The minimum Gasteiger partial charge on any atom is -0.461 e. The predicted molar refractivity (Wildman–Crippen MR) is 79.2 cm³/mol. The summed E-state index contributed by atoms with van der Waals surface area (Å²) in [7, 11) is 1.95. The van der Waals surface area contributed by atoms with Crippen LogP contribution in [0.4, 0.5) is 5.13 Å². The Bertz CT molecular complexity index is 583. The number of esters is 1. The summed E-state index contributed by atoms with van der Waals surface area (Å²) >= 11 is 1.49. The number of nitrogens with zero attached hydrogens (tertiary/aromatic N) is 3. The van der Waals surface area contributed by atoms with Crippen LogP contribution < -0.4 is 4.90 Å². The molecule has 5 nitrogen and oxygen atoms in total. The van der Waals surface area contributed by atoms with E-state index in [2.05, 4.69) is 9.97 Å². The lowest BCUT2D eigenvalue weighted by Gasteiger charge is -2.15. The molecule has 0 radical (unpaired) electrons. The second kappa shape index (κ2) is 6.47. The molecule has 0 fully saturated rings. The molecular formula is C14H17N3O2S. The van der Waals surface area contributed by atoms with E-state index in [4.69, 9.17) is 4.74 Å². The van der Waals surface area contributed by atoms with Crippen LogP contribution in [0.15, 0.2) is 24.5 Å². The number of aryl methyl sites for hydroxylation is 1. The Morgan fingerprint density at radius 3 is 2.75 bits per heavy atom. The first kappa shape index (κ1) is 14.5. The van der Waals surface area contributed by atoms with Crippen molar-refractivity contribution >= 4 is 22.4 Å². The van der Waals surface area contributed by atoms with Crippen LogP contribution in [0.25, 0.3) is 0 Å². The van der Waals surface area contributed by atoms with Crippen molar-refractivity contribution in [2.75, 3.05) is 18.6 Å². The van der Waals surface area contributed by atoms with Gasteiger partial charge in [0, 0.05) is 30.9 Å². The number of hydrogen-bond acceptors (Lipinski definition) is 6. The second-order valence-electron chi connectivity index (χ2n) is 4.33. The number of carbonyl (C=O) groups is 1. The van der Waals surface area contributed by atoms with Crippen molar-refractivity contribution in [1.82, 2.24) is 9.97 Å². The van der Waals surface area contributed by atoms with E-state index in [-0.39, 0.29) is 5.97 Å². The Morgan fingerprint density at radius 2 is 2.10 bits per heavy atom. The standard InChI is InChI=1S/C14H17N3O2S/c1-4-19-13(18)12-10(2)20-14(16-12)17(3)9-11-5-7-15-8-6-11/h5-8H,4,9H2,1-3H3. The zero-order valence-corrected chi connectivity index (χ0v) is 12.6. The number of pyridine rings is 1. The highest BCUT2D eigenvalue weighted by Gasteiger charge is 2.18. The normalized spacial score (nSPS) is 10.3. The Kier molecular flexibility index (Phi) is 4.68. The van der Waals surface area contributed by atoms with Crippen molar-refractivity contribution in [3.63, 3.8) is 0 Å². The van der Waals surface area contributed by atoms with Crippen LogP contribution in [0.5, 0.6) is 0 Å². The van der Waals surface area contributed by atoms with Crippen molar-refractivity contribution in [2.45, 2.75) is 20.4 Å². The molecule has 0 saturated carbocycles. The average Bonchev–Trinajstić information content (AvgIpc) is 2.82. The van der Waals surface area contributed by atoms with E-state index in [0.717, 1.165) is 22.1 Å². The van der Waals surface area contributed by atoms with Crippen LogP contribution in [0.3, 0.4) is 0 Å². The molecule has 0 aliphatic heterocycles. The minimum absolute atomic E-state index is 0.357. The SMILES string of the molecule is CCOC(=O)c1nc(N(C)Cc2ccncc2)sc1C. The van der Waals surface area contributed by atoms with Gasteiger partial charge in [-0.15, -0.1) is 11.3 Å². The molecule has 0 spiro atoms. The first-order chi connectivity index (χ1) is 9.61. The molecule has 2 rings (SSSR count). The Labute approximate surface area is 122 Å². The van der Waals surface area contributed by atoms with E-state index in [1.54, 1.807) is 19.3 Å². The number of carbonyl (C=O) groups excluding carboxylic acids is 1. The number of rotatable bonds is 5. The van der Waals surface area contributed by atoms with Gasteiger partial charge < -0.3 is 9.64 Å². The molecule has 0 aliphatic carbocycles. The van der Waals surface area contributed by atoms with Crippen LogP contribution in [-0.2, 0) is 11.3 Å². The molecule has 0 bridgehead atoms. The summed E-state index contributed by atoms with van der Waals surface area (Å²) in [6, 6.07) is 3.92. The van der Waals surface area contributed by atoms with E-state index in [1.807, 2.05) is 31.0 Å². The maximum Gasteiger partial charge on any atom is 0.358 e. The molecule has 2 heterocycles. The number of ether oxygens (including phenoxy) is 1. The fourth-order valence-corrected chi connectivity index (χ4v) is 2.62. The van der Waals surface area contributed by atoms with Gasteiger partial charge >= 0.3 is 5.97 Å². The molecule has 0 aliphatic rings. The van der Waals surface area contributed by atoms with E-state index in [1.165, 1.54) is 11.3 Å². The smallest absolute Gasteiger partial charge is 0.358 e. The lowest BCUT2D eigenvalue weighted by molar-refractivity contribution is 0.0519. The molecule has 20 heavy (non-hydrogen) atoms. The third-order valence-electron chi connectivity index (χ3n) is 2.75. The maximum atomic E-state index is 11.8. The predicted octanol–water partition coefficient (Wildman–Crippen LogP) is 2.66. The van der Waals surface area contributed by atoms with Gasteiger partial charge in [-0.1, -0.05) is 0 Å². The minimum atomic E-state index is -0.357. The van der Waals surface area contributed by atoms with Crippen LogP contribution >= 0.6 is 11.3 Å². The molecule has 2 aromatic rings. The Balaban J connectivity index is 2.13. The third kappa shape index (κ3) is 3.33. The van der Waals surface area contributed by atoms with E-state index in [9.17, 15) is 4.79 Å². The summed E-state index contributed by atoms with van der Waals surface area (Å²) in [5.41, 5.74) is 1.56. The second-order valence-corrected chi connectivity index (χ2v) is 5.51. The summed E-state index contributed by atoms with van der Waals surface area (Å²) in [6.45, 7) is 4.75. The highest BCUT2D eigenvalue weighted by molar-refractivity contribution is 7.15. The van der Waals surface area contributed by atoms with Gasteiger partial charge in [-0.3, -0.25) is 4.98 Å². The van der Waals surface area contributed by atoms with Gasteiger partial charge in [0.1, 0.15) is 0 Å². The van der Waals surface area contributed by atoms with Crippen LogP contribution in [0.1, 0.15) is 27.9 Å². The number of aromatic nitrogens is 2. The monoisotopic (exact) mass is 291 g/mol. The van der Waals surface area contributed by atoms with Crippen molar-refractivity contribution < 1.29 is 9.53 Å². The number of anilines is 1. The van der Waals surface area contributed by atoms with E-state index in [0.29, 0.717) is 12.3 Å². The highest BCUT2D eigenvalue weighted by Crippen LogP contribution is 2.26. The highest BCUT2D eigenvalue weighted by atomic mass is 32.1. The molecule has 0 unspecified atom stereocenters. The molecular weight excluding hydrogens is 274 g/mol. The molecule has 106 valence electrons. The Morgan fingerprint density at radius 1 is 1.40 bits per heavy atom. The topological polar surface area (TPSA) is 55.3 Å². The van der Waals surface area contributed by atoms with Crippen molar-refractivity contribution in [2.24, 2.45) is 0 Å². The van der Waals surface area contributed by atoms with Crippen LogP contribution in [0, 0.1) is 6.92 Å².